The van der Waals surface area contributed by atoms with Crippen LogP contribution in [-0.2, 0) is 16.0 Å². The maximum absolute atomic E-state index is 13.3. The second-order valence-electron chi connectivity index (χ2n) is 5.88. The number of carbonyl (C=O) groups excluding carboxylic acids is 1. The van der Waals surface area contributed by atoms with Gasteiger partial charge >= 0.3 is 5.97 Å². The van der Waals surface area contributed by atoms with Crippen LogP contribution < -0.4 is 5.32 Å². The highest BCUT2D eigenvalue weighted by molar-refractivity contribution is 7.99. The molecule has 1 saturated heterocycles. The lowest BCUT2D eigenvalue weighted by atomic mass is 9.92. The van der Waals surface area contributed by atoms with E-state index in [9.17, 15) is 19.1 Å². The second kappa shape index (κ2) is 7.53. The smallest absolute Gasteiger partial charge is 0.329 e. The summed E-state index contributed by atoms with van der Waals surface area (Å²) in [5, 5.41) is 14.6. The standard InChI is InChI=1S/C17H17FN2O3S2/c18-12-3-1-2-11(8-12)15-19-13(10-25-15)9-14(21)20-17(16(22)23)4-6-24-7-5-17/h1-3,8,10H,4-7,9H2,(H,20,21)(H,22,23). The molecule has 2 aromatic rings. The molecule has 0 unspecified atom stereocenters. The summed E-state index contributed by atoms with van der Waals surface area (Å²) in [6.45, 7) is 0. The molecule has 0 saturated carbocycles. The van der Waals surface area contributed by atoms with E-state index in [-0.39, 0.29) is 18.1 Å². The van der Waals surface area contributed by atoms with Crippen LogP contribution in [0.2, 0.25) is 0 Å². The van der Waals surface area contributed by atoms with Gasteiger partial charge in [-0.1, -0.05) is 12.1 Å². The number of carboxylic acids is 1. The third-order valence-corrected chi connectivity index (χ3v) is 6.03. The van der Waals surface area contributed by atoms with Gasteiger partial charge in [-0.2, -0.15) is 11.8 Å². The number of thiazole rings is 1. The fourth-order valence-electron chi connectivity index (χ4n) is 2.73. The van der Waals surface area contributed by atoms with Crippen molar-refractivity contribution in [2.75, 3.05) is 11.5 Å². The number of benzene rings is 1. The van der Waals surface area contributed by atoms with Crippen molar-refractivity contribution in [3.63, 3.8) is 0 Å². The van der Waals surface area contributed by atoms with Crippen LogP contribution in [0.5, 0.6) is 0 Å². The number of aromatic nitrogens is 1. The molecule has 2 heterocycles. The van der Waals surface area contributed by atoms with Gasteiger partial charge in [-0.05, 0) is 36.5 Å². The van der Waals surface area contributed by atoms with E-state index < -0.39 is 11.5 Å². The van der Waals surface area contributed by atoms with Gasteiger partial charge in [-0.3, -0.25) is 4.79 Å². The van der Waals surface area contributed by atoms with Crippen molar-refractivity contribution in [2.24, 2.45) is 0 Å². The molecular formula is C17H17FN2O3S2. The Morgan fingerprint density at radius 2 is 2.08 bits per heavy atom. The first kappa shape index (κ1) is 17.9. The van der Waals surface area contributed by atoms with Crippen LogP contribution >= 0.6 is 23.1 Å². The maximum atomic E-state index is 13.3. The number of carbonyl (C=O) groups is 2. The summed E-state index contributed by atoms with van der Waals surface area (Å²) in [5.74, 6) is -0.254. The first-order valence-corrected chi connectivity index (χ1v) is 9.84. The Balaban J connectivity index is 1.68. The topological polar surface area (TPSA) is 79.3 Å². The average Bonchev–Trinajstić information content (AvgIpc) is 3.04. The minimum atomic E-state index is -1.18. The zero-order chi connectivity index (χ0) is 17.9. The van der Waals surface area contributed by atoms with Crippen LogP contribution in [0.4, 0.5) is 4.39 Å². The second-order valence-corrected chi connectivity index (χ2v) is 7.96. The SMILES string of the molecule is O=C(Cc1csc(-c2cccc(F)c2)n1)NC1(C(=O)O)CCSCC1. The van der Waals surface area contributed by atoms with Crippen LogP contribution in [0.25, 0.3) is 10.6 Å². The molecule has 0 aliphatic carbocycles. The summed E-state index contributed by atoms with van der Waals surface area (Å²) < 4.78 is 13.3. The largest absolute Gasteiger partial charge is 0.480 e. The van der Waals surface area contributed by atoms with Crippen molar-refractivity contribution in [2.45, 2.75) is 24.8 Å². The minimum absolute atomic E-state index is 0.00793. The predicted octanol–water partition coefficient (Wildman–Crippen LogP) is 2.96. The lowest BCUT2D eigenvalue weighted by molar-refractivity contribution is -0.148. The zero-order valence-corrected chi connectivity index (χ0v) is 15.0. The number of hydrogen-bond donors (Lipinski definition) is 2. The molecule has 1 fully saturated rings. The van der Waals surface area contributed by atoms with Crippen molar-refractivity contribution >= 4 is 35.0 Å². The number of aliphatic carboxylic acids is 1. The molecule has 8 heteroatoms. The van der Waals surface area contributed by atoms with Crippen molar-refractivity contribution < 1.29 is 19.1 Å². The van der Waals surface area contributed by atoms with Gasteiger partial charge < -0.3 is 10.4 Å². The highest BCUT2D eigenvalue weighted by Gasteiger charge is 2.41. The number of nitrogens with zero attached hydrogens (tertiary/aromatic N) is 1. The first-order valence-electron chi connectivity index (χ1n) is 7.81. The highest BCUT2D eigenvalue weighted by Crippen LogP contribution is 2.28. The molecule has 132 valence electrons. The molecule has 0 atom stereocenters. The molecule has 3 rings (SSSR count). The number of thioether (sulfide) groups is 1. The number of rotatable bonds is 5. The lowest BCUT2D eigenvalue weighted by Crippen LogP contribution is -2.56. The van der Waals surface area contributed by atoms with E-state index >= 15 is 0 Å². The normalized spacial score (nSPS) is 16.4. The summed E-state index contributed by atoms with van der Waals surface area (Å²) in [6, 6.07) is 6.11. The Kier molecular flexibility index (Phi) is 5.39. The summed E-state index contributed by atoms with van der Waals surface area (Å²) in [7, 11) is 0. The molecule has 0 bridgehead atoms. The molecule has 1 aliphatic rings. The van der Waals surface area contributed by atoms with E-state index in [2.05, 4.69) is 10.3 Å². The molecule has 25 heavy (non-hydrogen) atoms. The summed E-state index contributed by atoms with van der Waals surface area (Å²) in [5.41, 5.74) is 0.0273. The van der Waals surface area contributed by atoms with Crippen LogP contribution in [0.1, 0.15) is 18.5 Å². The summed E-state index contributed by atoms with van der Waals surface area (Å²) in [6.07, 6.45) is 0.850. The Morgan fingerprint density at radius 1 is 1.32 bits per heavy atom. The van der Waals surface area contributed by atoms with Gasteiger partial charge in [0, 0.05) is 10.9 Å². The van der Waals surface area contributed by atoms with Gasteiger partial charge in [0.2, 0.25) is 5.91 Å². The Morgan fingerprint density at radius 3 is 2.76 bits per heavy atom. The Bertz CT molecular complexity index is 788. The molecule has 1 aliphatic heterocycles. The van der Waals surface area contributed by atoms with Crippen molar-refractivity contribution in [3.8, 4) is 10.6 Å². The highest BCUT2D eigenvalue weighted by atomic mass is 32.2. The minimum Gasteiger partial charge on any atom is -0.480 e. The van der Waals surface area contributed by atoms with Gasteiger partial charge in [0.05, 0.1) is 12.1 Å². The predicted molar refractivity (Wildman–Crippen MR) is 96.3 cm³/mol. The van der Waals surface area contributed by atoms with Gasteiger partial charge in [0.25, 0.3) is 0 Å². The number of amides is 1. The molecule has 5 nitrogen and oxygen atoms in total. The number of halogens is 1. The summed E-state index contributed by atoms with van der Waals surface area (Å²) in [4.78, 5) is 28.3. The van der Waals surface area contributed by atoms with E-state index in [1.54, 1.807) is 29.3 Å². The van der Waals surface area contributed by atoms with E-state index in [4.69, 9.17) is 0 Å². The first-order chi connectivity index (χ1) is 12.0. The monoisotopic (exact) mass is 380 g/mol. The van der Waals surface area contributed by atoms with Crippen LogP contribution in [0, 0.1) is 5.82 Å². The fourth-order valence-corrected chi connectivity index (χ4v) is 4.74. The number of hydrogen-bond acceptors (Lipinski definition) is 5. The van der Waals surface area contributed by atoms with E-state index in [0.29, 0.717) is 40.6 Å². The van der Waals surface area contributed by atoms with E-state index in [0.717, 1.165) is 0 Å². The Hall–Kier alpha value is -1.93. The third kappa shape index (κ3) is 4.19. The van der Waals surface area contributed by atoms with Crippen LogP contribution in [-0.4, -0.2) is 39.0 Å². The molecule has 2 N–H and O–H groups in total. The van der Waals surface area contributed by atoms with Gasteiger partial charge in [-0.25, -0.2) is 14.2 Å². The molecule has 0 radical (unpaired) electrons. The fraction of sp³-hybridized carbons (Fsp3) is 0.353. The number of nitrogens with one attached hydrogen (secondary N) is 1. The van der Waals surface area contributed by atoms with Crippen LogP contribution in [0.15, 0.2) is 29.6 Å². The lowest BCUT2D eigenvalue weighted by Gasteiger charge is -2.33. The van der Waals surface area contributed by atoms with Crippen LogP contribution in [0.3, 0.4) is 0 Å². The maximum Gasteiger partial charge on any atom is 0.329 e. The van der Waals surface area contributed by atoms with Crippen molar-refractivity contribution in [3.05, 3.63) is 41.2 Å². The quantitative estimate of drug-likeness (QED) is 0.834. The molecule has 1 aromatic heterocycles. The zero-order valence-electron chi connectivity index (χ0n) is 13.3. The molecule has 0 spiro atoms. The van der Waals surface area contributed by atoms with Gasteiger partial charge in [-0.15, -0.1) is 11.3 Å². The number of carboxylic acid groups (broad SMARTS) is 1. The van der Waals surface area contributed by atoms with Gasteiger partial charge in [0.1, 0.15) is 16.4 Å². The average molecular weight is 380 g/mol. The Labute approximate surface area is 152 Å². The van der Waals surface area contributed by atoms with Crippen molar-refractivity contribution in [1.29, 1.82) is 0 Å². The summed E-state index contributed by atoms with van der Waals surface area (Å²) >= 11 is 3.02. The third-order valence-electron chi connectivity index (χ3n) is 4.10. The van der Waals surface area contributed by atoms with Gasteiger partial charge in [0.15, 0.2) is 0 Å². The molecular weight excluding hydrogens is 363 g/mol. The molecule has 1 aromatic carbocycles. The van der Waals surface area contributed by atoms with E-state index in [1.807, 2.05) is 0 Å². The van der Waals surface area contributed by atoms with E-state index in [1.165, 1.54) is 23.5 Å². The molecule has 1 amide bonds. The van der Waals surface area contributed by atoms with Crippen molar-refractivity contribution in [1.82, 2.24) is 10.3 Å².